The lowest BCUT2D eigenvalue weighted by Crippen LogP contribution is -2.27. The molecule has 1 N–H and O–H groups in total. The van der Waals surface area contributed by atoms with E-state index in [1.165, 1.54) is 11.3 Å². The summed E-state index contributed by atoms with van der Waals surface area (Å²) in [4.78, 5) is 14.1. The van der Waals surface area contributed by atoms with Crippen LogP contribution in [-0.4, -0.2) is 5.91 Å². The van der Waals surface area contributed by atoms with Crippen LogP contribution in [0.1, 0.15) is 26.2 Å². The van der Waals surface area contributed by atoms with E-state index in [9.17, 15) is 4.79 Å². The van der Waals surface area contributed by atoms with Crippen molar-refractivity contribution >= 4 is 39.9 Å². The molecule has 3 aromatic rings. The van der Waals surface area contributed by atoms with Crippen molar-refractivity contribution in [1.29, 1.82) is 0 Å². The van der Waals surface area contributed by atoms with Crippen LogP contribution in [0.25, 0.3) is 0 Å². The van der Waals surface area contributed by atoms with E-state index in [0.29, 0.717) is 0 Å². The number of carbonyl (C=O) groups excluding carboxylic acids is 1. The molecule has 0 bridgehead atoms. The summed E-state index contributed by atoms with van der Waals surface area (Å²) in [5, 5.41) is 11.2. The van der Waals surface area contributed by atoms with Crippen molar-refractivity contribution < 1.29 is 4.79 Å². The van der Waals surface area contributed by atoms with E-state index >= 15 is 0 Å². The Morgan fingerprint density at radius 2 is 1.89 bits per heavy atom. The minimum Gasteiger partial charge on any atom is -0.340 e. The summed E-state index contributed by atoms with van der Waals surface area (Å²) in [5.74, 6) is -0.0143. The second-order valence-corrected chi connectivity index (χ2v) is 6.66. The molecule has 0 saturated heterocycles. The Morgan fingerprint density at radius 1 is 1.05 bits per heavy atom. The molecule has 0 fully saturated rings. The van der Waals surface area contributed by atoms with Gasteiger partial charge in [0.2, 0.25) is 0 Å². The average Bonchev–Trinajstić information content (AvgIpc) is 3.17. The van der Waals surface area contributed by atoms with E-state index in [1.807, 2.05) is 34.3 Å². The minimum atomic E-state index is -0.0548. The van der Waals surface area contributed by atoms with Gasteiger partial charge in [-0.1, -0.05) is 12.1 Å². The first-order valence-electron chi connectivity index (χ1n) is 5.74. The van der Waals surface area contributed by atoms with Crippen LogP contribution in [0.4, 0.5) is 0 Å². The second-order valence-electron chi connectivity index (χ2n) is 3.96. The van der Waals surface area contributed by atoms with Gasteiger partial charge in [0.1, 0.15) is 0 Å². The molecule has 2 nitrogen and oxygen atoms in total. The molecule has 0 aliphatic carbocycles. The zero-order valence-electron chi connectivity index (χ0n) is 9.91. The first kappa shape index (κ1) is 12.6. The van der Waals surface area contributed by atoms with Gasteiger partial charge in [0.25, 0.3) is 5.91 Å². The highest BCUT2D eigenvalue weighted by molar-refractivity contribution is 7.12. The fourth-order valence-corrected chi connectivity index (χ4v) is 3.94. The molecule has 0 spiro atoms. The van der Waals surface area contributed by atoms with Crippen LogP contribution in [0.2, 0.25) is 0 Å². The van der Waals surface area contributed by atoms with Gasteiger partial charge in [-0.15, -0.1) is 22.7 Å². The Labute approximate surface area is 123 Å². The van der Waals surface area contributed by atoms with Gasteiger partial charge in [-0.25, -0.2) is 0 Å². The normalized spacial score (nSPS) is 12.2. The Kier molecular flexibility index (Phi) is 3.77. The van der Waals surface area contributed by atoms with Gasteiger partial charge < -0.3 is 5.32 Å². The summed E-state index contributed by atoms with van der Waals surface area (Å²) in [6, 6.07) is 9.81. The van der Waals surface area contributed by atoms with E-state index in [0.717, 1.165) is 15.3 Å². The molecule has 0 aliphatic rings. The molecule has 96 valence electrons. The standard InChI is InChI=1S/C14H11NOS3/c16-14(12-4-2-7-19-12)15-13(10-5-8-17-9-10)11-3-1-6-18-11/h1-9,13H,(H,15,16)/t13-/m0/s1. The first-order valence-corrected chi connectivity index (χ1v) is 8.44. The molecule has 0 aliphatic heterocycles. The molecule has 1 amide bonds. The summed E-state index contributed by atoms with van der Waals surface area (Å²) in [6.07, 6.45) is 0. The first-order chi connectivity index (χ1) is 9.34. The molecule has 0 radical (unpaired) electrons. The van der Waals surface area contributed by atoms with Crippen molar-refractivity contribution in [3.8, 4) is 0 Å². The van der Waals surface area contributed by atoms with Gasteiger partial charge in [0.15, 0.2) is 0 Å². The third kappa shape index (κ3) is 2.78. The maximum atomic E-state index is 12.2. The summed E-state index contributed by atoms with van der Waals surface area (Å²) in [5.41, 5.74) is 1.14. The van der Waals surface area contributed by atoms with Gasteiger partial charge in [-0.05, 0) is 45.3 Å². The summed E-state index contributed by atoms with van der Waals surface area (Å²) >= 11 is 4.77. The largest absolute Gasteiger partial charge is 0.340 e. The van der Waals surface area contributed by atoms with Crippen LogP contribution in [0.3, 0.4) is 0 Å². The molecule has 0 saturated carbocycles. The number of rotatable bonds is 4. The van der Waals surface area contributed by atoms with Gasteiger partial charge in [0, 0.05) is 4.88 Å². The van der Waals surface area contributed by atoms with Crippen LogP contribution in [-0.2, 0) is 0 Å². The van der Waals surface area contributed by atoms with E-state index in [4.69, 9.17) is 0 Å². The molecule has 19 heavy (non-hydrogen) atoms. The molecule has 5 heteroatoms. The Morgan fingerprint density at radius 3 is 2.53 bits per heavy atom. The van der Waals surface area contributed by atoms with E-state index in [1.54, 1.807) is 22.7 Å². The third-order valence-corrected chi connectivity index (χ3v) is 5.23. The van der Waals surface area contributed by atoms with Crippen LogP contribution in [0, 0.1) is 0 Å². The highest BCUT2D eigenvalue weighted by Gasteiger charge is 2.19. The SMILES string of the molecule is O=C(N[C@@H](c1ccsc1)c1cccs1)c1cccs1. The molecular weight excluding hydrogens is 294 g/mol. The number of hydrogen-bond donors (Lipinski definition) is 1. The van der Waals surface area contributed by atoms with Gasteiger partial charge in [-0.3, -0.25) is 4.79 Å². The minimum absolute atomic E-state index is 0.0143. The molecule has 0 aromatic carbocycles. The lowest BCUT2D eigenvalue weighted by Gasteiger charge is -2.16. The lowest BCUT2D eigenvalue weighted by atomic mass is 10.1. The topological polar surface area (TPSA) is 29.1 Å². The highest BCUT2D eigenvalue weighted by Crippen LogP contribution is 2.28. The monoisotopic (exact) mass is 305 g/mol. The summed E-state index contributed by atoms with van der Waals surface area (Å²) in [6.45, 7) is 0. The second kappa shape index (κ2) is 5.69. The van der Waals surface area contributed by atoms with Crippen molar-refractivity contribution in [2.24, 2.45) is 0 Å². The molecule has 3 rings (SSSR count). The van der Waals surface area contributed by atoms with Crippen LogP contribution >= 0.6 is 34.0 Å². The van der Waals surface area contributed by atoms with Crippen molar-refractivity contribution in [3.63, 3.8) is 0 Å². The molecular formula is C14H11NOS3. The smallest absolute Gasteiger partial charge is 0.262 e. The summed E-state index contributed by atoms with van der Waals surface area (Å²) in [7, 11) is 0. The quantitative estimate of drug-likeness (QED) is 0.761. The molecule has 3 heterocycles. The predicted octanol–water partition coefficient (Wildman–Crippen LogP) is 4.39. The number of hydrogen-bond acceptors (Lipinski definition) is 4. The predicted molar refractivity (Wildman–Crippen MR) is 82.3 cm³/mol. The van der Waals surface area contributed by atoms with Crippen molar-refractivity contribution in [2.45, 2.75) is 6.04 Å². The Balaban J connectivity index is 1.87. The van der Waals surface area contributed by atoms with Crippen LogP contribution < -0.4 is 5.32 Å². The van der Waals surface area contributed by atoms with Gasteiger partial charge >= 0.3 is 0 Å². The zero-order valence-corrected chi connectivity index (χ0v) is 12.4. The Bertz CT molecular complexity index is 592. The maximum Gasteiger partial charge on any atom is 0.262 e. The lowest BCUT2D eigenvalue weighted by molar-refractivity contribution is 0.0947. The Hall–Kier alpha value is -1.43. The molecule has 1 atom stereocenters. The number of carbonyl (C=O) groups is 1. The number of amides is 1. The van der Waals surface area contributed by atoms with Crippen molar-refractivity contribution in [3.05, 3.63) is 67.2 Å². The molecule has 0 unspecified atom stereocenters. The van der Waals surface area contributed by atoms with Crippen LogP contribution in [0.5, 0.6) is 0 Å². The third-order valence-electron chi connectivity index (χ3n) is 2.72. The summed E-state index contributed by atoms with van der Waals surface area (Å²) < 4.78 is 0. The number of nitrogens with one attached hydrogen (secondary N) is 1. The maximum absolute atomic E-state index is 12.2. The molecule has 3 aromatic heterocycles. The van der Waals surface area contributed by atoms with Crippen LogP contribution in [0.15, 0.2) is 51.9 Å². The zero-order chi connectivity index (χ0) is 13.1. The van der Waals surface area contributed by atoms with Crippen molar-refractivity contribution in [2.75, 3.05) is 0 Å². The van der Waals surface area contributed by atoms with Crippen molar-refractivity contribution in [1.82, 2.24) is 5.32 Å². The fraction of sp³-hybridized carbons (Fsp3) is 0.0714. The highest BCUT2D eigenvalue weighted by atomic mass is 32.1. The van der Waals surface area contributed by atoms with Gasteiger partial charge in [-0.2, -0.15) is 11.3 Å². The van der Waals surface area contributed by atoms with E-state index in [2.05, 4.69) is 22.8 Å². The van der Waals surface area contributed by atoms with Gasteiger partial charge in [0.05, 0.1) is 10.9 Å². The average molecular weight is 305 g/mol. The fourth-order valence-electron chi connectivity index (χ4n) is 1.82. The number of thiophene rings is 3. The van der Waals surface area contributed by atoms with E-state index < -0.39 is 0 Å². The van der Waals surface area contributed by atoms with E-state index in [-0.39, 0.29) is 11.9 Å².